The van der Waals surface area contributed by atoms with Crippen molar-refractivity contribution in [3.63, 3.8) is 0 Å². The van der Waals surface area contributed by atoms with Crippen LogP contribution >= 0.6 is 11.3 Å². The highest BCUT2D eigenvalue weighted by Crippen LogP contribution is 2.21. The summed E-state index contributed by atoms with van der Waals surface area (Å²) in [5.41, 5.74) is 8.22. The Kier molecular flexibility index (Phi) is 6.49. The van der Waals surface area contributed by atoms with Gasteiger partial charge < -0.3 is 21.7 Å². The predicted octanol–water partition coefficient (Wildman–Crippen LogP) is 2.23. The summed E-state index contributed by atoms with van der Waals surface area (Å²) in [4.78, 5) is 28.0. The van der Waals surface area contributed by atoms with Gasteiger partial charge in [0.25, 0.3) is 0 Å². The fourth-order valence-corrected chi connectivity index (χ4v) is 2.67. The van der Waals surface area contributed by atoms with Gasteiger partial charge in [-0.2, -0.15) is 0 Å². The number of aromatic nitrogens is 1. The van der Waals surface area contributed by atoms with Gasteiger partial charge in [0.05, 0.1) is 18.3 Å². The molecule has 1 heterocycles. The second-order valence-corrected chi connectivity index (χ2v) is 6.89. The largest absolute Gasteiger partial charge is 0.346 e. The zero-order chi connectivity index (χ0) is 18.4. The van der Waals surface area contributed by atoms with Crippen LogP contribution in [0, 0.1) is 12.8 Å². The summed E-state index contributed by atoms with van der Waals surface area (Å²) in [5.74, 6) is -0.617. The number of amides is 2. The summed E-state index contributed by atoms with van der Waals surface area (Å²) < 4.78 is 0. The molecule has 1 aromatic carbocycles. The van der Waals surface area contributed by atoms with Crippen molar-refractivity contribution < 1.29 is 9.59 Å². The van der Waals surface area contributed by atoms with Gasteiger partial charge >= 0.3 is 0 Å². The minimum Gasteiger partial charge on any atom is -0.346 e. The molecule has 0 radical (unpaired) electrons. The maximum Gasteiger partial charge on any atom is 0.243 e. The fourth-order valence-electron chi connectivity index (χ4n) is 1.96. The standard InChI is InChI=1S/C17H23N5O2S/c1-10(2)15(18)16(24)19-8-14(23)21-12-4-6-13(7-5-12)22-17-20-11(3)9-25-17/h4-7,9-10,15H,8,18H2,1-3H3,(H,19,24)(H,20,22)(H,21,23)/t15-/m0/s1. The van der Waals surface area contributed by atoms with Gasteiger partial charge in [-0.15, -0.1) is 11.3 Å². The summed E-state index contributed by atoms with van der Waals surface area (Å²) in [5, 5.41) is 11.2. The SMILES string of the molecule is Cc1csc(Nc2ccc(NC(=O)CNC(=O)[C@@H](N)C(C)C)cc2)n1. The number of rotatable bonds is 7. The van der Waals surface area contributed by atoms with Crippen LogP contribution in [0.15, 0.2) is 29.6 Å². The zero-order valence-electron chi connectivity index (χ0n) is 14.5. The van der Waals surface area contributed by atoms with Crippen LogP contribution in [0.25, 0.3) is 0 Å². The summed E-state index contributed by atoms with van der Waals surface area (Å²) >= 11 is 1.53. The highest BCUT2D eigenvalue weighted by Gasteiger charge is 2.17. The van der Waals surface area contributed by atoms with Crippen molar-refractivity contribution in [1.29, 1.82) is 0 Å². The van der Waals surface area contributed by atoms with E-state index in [2.05, 4.69) is 20.9 Å². The molecule has 0 fully saturated rings. The third-order valence-corrected chi connectivity index (χ3v) is 4.36. The molecule has 2 rings (SSSR count). The number of benzene rings is 1. The molecular formula is C17H23N5O2S. The number of hydrogen-bond donors (Lipinski definition) is 4. The van der Waals surface area contributed by atoms with E-state index in [4.69, 9.17) is 5.73 Å². The Morgan fingerprint density at radius 1 is 1.20 bits per heavy atom. The zero-order valence-corrected chi connectivity index (χ0v) is 15.3. The van der Waals surface area contributed by atoms with Crippen LogP contribution in [0.5, 0.6) is 0 Å². The Hall–Kier alpha value is -2.45. The molecule has 0 aliphatic heterocycles. The molecule has 25 heavy (non-hydrogen) atoms. The summed E-state index contributed by atoms with van der Waals surface area (Å²) in [6.45, 7) is 5.53. The van der Waals surface area contributed by atoms with Gasteiger partial charge in [0.15, 0.2) is 5.13 Å². The smallest absolute Gasteiger partial charge is 0.243 e. The highest BCUT2D eigenvalue weighted by molar-refractivity contribution is 7.13. The number of anilines is 3. The Balaban J connectivity index is 1.82. The van der Waals surface area contributed by atoms with Gasteiger partial charge in [0.2, 0.25) is 11.8 Å². The molecule has 0 unspecified atom stereocenters. The average Bonchev–Trinajstić information content (AvgIpc) is 2.98. The number of carbonyl (C=O) groups excluding carboxylic acids is 2. The van der Waals surface area contributed by atoms with Crippen LogP contribution in [0.4, 0.5) is 16.5 Å². The van der Waals surface area contributed by atoms with Crippen LogP contribution in [0.2, 0.25) is 0 Å². The molecule has 0 bridgehead atoms. The summed E-state index contributed by atoms with van der Waals surface area (Å²) in [6, 6.07) is 6.64. The van der Waals surface area contributed by atoms with E-state index < -0.39 is 6.04 Å². The van der Waals surface area contributed by atoms with Crippen LogP contribution in [0.1, 0.15) is 19.5 Å². The quantitative estimate of drug-likeness (QED) is 0.605. The average molecular weight is 361 g/mol. The minimum atomic E-state index is -0.618. The molecule has 0 spiro atoms. The lowest BCUT2D eigenvalue weighted by molar-refractivity contribution is -0.125. The molecule has 1 aromatic heterocycles. The summed E-state index contributed by atoms with van der Waals surface area (Å²) in [6.07, 6.45) is 0. The lowest BCUT2D eigenvalue weighted by atomic mass is 10.1. The molecule has 5 N–H and O–H groups in total. The molecule has 0 aliphatic carbocycles. The van der Waals surface area contributed by atoms with E-state index in [0.29, 0.717) is 5.69 Å². The monoisotopic (exact) mass is 361 g/mol. The molecular weight excluding hydrogens is 338 g/mol. The van der Waals surface area contributed by atoms with Crippen molar-refractivity contribution in [3.8, 4) is 0 Å². The lowest BCUT2D eigenvalue weighted by Crippen LogP contribution is -2.46. The predicted molar refractivity (Wildman–Crippen MR) is 101 cm³/mol. The first-order chi connectivity index (χ1) is 11.8. The van der Waals surface area contributed by atoms with Crippen molar-refractivity contribution >= 4 is 39.7 Å². The Morgan fingerprint density at radius 2 is 1.84 bits per heavy atom. The van der Waals surface area contributed by atoms with E-state index in [1.54, 1.807) is 12.1 Å². The third kappa shape index (κ3) is 5.84. The molecule has 7 nitrogen and oxygen atoms in total. The Bertz CT molecular complexity index is 727. The Morgan fingerprint density at radius 3 is 2.40 bits per heavy atom. The molecule has 0 aliphatic rings. The molecule has 8 heteroatoms. The second-order valence-electron chi connectivity index (χ2n) is 6.03. The van der Waals surface area contributed by atoms with E-state index in [1.807, 2.05) is 38.3 Å². The van der Waals surface area contributed by atoms with E-state index in [0.717, 1.165) is 16.5 Å². The molecule has 134 valence electrons. The minimum absolute atomic E-state index is 0.0183. The van der Waals surface area contributed by atoms with Crippen molar-refractivity contribution in [3.05, 3.63) is 35.3 Å². The van der Waals surface area contributed by atoms with E-state index in [9.17, 15) is 9.59 Å². The fraction of sp³-hybridized carbons (Fsp3) is 0.353. The highest BCUT2D eigenvalue weighted by atomic mass is 32.1. The molecule has 2 amide bonds. The number of nitrogens with two attached hydrogens (primary N) is 1. The second kappa shape index (κ2) is 8.59. The van der Waals surface area contributed by atoms with E-state index in [1.165, 1.54) is 11.3 Å². The van der Waals surface area contributed by atoms with Crippen LogP contribution in [-0.4, -0.2) is 29.4 Å². The van der Waals surface area contributed by atoms with Gasteiger partial charge in [-0.25, -0.2) is 4.98 Å². The Labute approximate surface area is 151 Å². The first-order valence-corrected chi connectivity index (χ1v) is 8.85. The van der Waals surface area contributed by atoms with Crippen LogP contribution in [-0.2, 0) is 9.59 Å². The number of nitrogens with one attached hydrogen (secondary N) is 3. The maximum absolute atomic E-state index is 11.9. The molecule has 1 atom stereocenters. The summed E-state index contributed by atoms with van der Waals surface area (Å²) in [7, 11) is 0. The van der Waals surface area contributed by atoms with Crippen LogP contribution in [0.3, 0.4) is 0 Å². The van der Waals surface area contributed by atoms with E-state index >= 15 is 0 Å². The third-order valence-electron chi connectivity index (χ3n) is 3.48. The molecule has 0 saturated carbocycles. The van der Waals surface area contributed by atoms with E-state index in [-0.39, 0.29) is 24.3 Å². The molecule has 2 aromatic rings. The number of aryl methyl sites for hydroxylation is 1. The number of hydrogen-bond acceptors (Lipinski definition) is 6. The van der Waals surface area contributed by atoms with Crippen molar-refractivity contribution in [2.75, 3.05) is 17.2 Å². The van der Waals surface area contributed by atoms with Gasteiger partial charge in [-0.05, 0) is 37.1 Å². The van der Waals surface area contributed by atoms with Crippen molar-refractivity contribution in [2.24, 2.45) is 11.7 Å². The van der Waals surface area contributed by atoms with Crippen molar-refractivity contribution in [2.45, 2.75) is 26.8 Å². The van der Waals surface area contributed by atoms with Gasteiger partial charge in [-0.1, -0.05) is 13.8 Å². The number of thiazole rings is 1. The lowest BCUT2D eigenvalue weighted by Gasteiger charge is -2.15. The van der Waals surface area contributed by atoms with Gasteiger partial charge in [-0.3, -0.25) is 9.59 Å². The molecule has 0 saturated heterocycles. The first-order valence-electron chi connectivity index (χ1n) is 7.97. The maximum atomic E-state index is 11.9. The normalized spacial score (nSPS) is 11.9. The number of nitrogens with zero attached hydrogens (tertiary/aromatic N) is 1. The number of carbonyl (C=O) groups is 2. The van der Waals surface area contributed by atoms with Crippen LogP contribution < -0.4 is 21.7 Å². The van der Waals surface area contributed by atoms with Gasteiger partial charge in [0.1, 0.15) is 0 Å². The topological polar surface area (TPSA) is 109 Å². The first kappa shape index (κ1) is 18.9. The van der Waals surface area contributed by atoms with Gasteiger partial charge in [0, 0.05) is 16.8 Å². The van der Waals surface area contributed by atoms with Crippen molar-refractivity contribution in [1.82, 2.24) is 10.3 Å².